The number of nitrogens with one attached hydrogen (secondary N) is 1. The summed E-state index contributed by atoms with van der Waals surface area (Å²) in [6.07, 6.45) is 0. The molecule has 0 spiro atoms. The van der Waals surface area contributed by atoms with Gasteiger partial charge in [0.15, 0.2) is 11.7 Å². The van der Waals surface area contributed by atoms with E-state index < -0.39 is 28.5 Å². The number of sulfonamides is 1. The molecule has 0 saturated carbocycles. The fourth-order valence-electron chi connectivity index (χ4n) is 3.39. The minimum atomic E-state index is -3.81. The molecular weight excluding hydrogens is 497 g/mol. The van der Waals surface area contributed by atoms with E-state index in [1.807, 2.05) is 0 Å². The molecule has 1 aromatic heterocycles. The number of amides is 1. The minimum absolute atomic E-state index is 0.00871. The van der Waals surface area contributed by atoms with Crippen LogP contribution in [0.2, 0.25) is 0 Å². The molecule has 35 heavy (non-hydrogen) atoms. The van der Waals surface area contributed by atoms with Crippen molar-refractivity contribution in [2.45, 2.75) is 11.8 Å². The van der Waals surface area contributed by atoms with Gasteiger partial charge in [-0.25, -0.2) is 22.6 Å². The minimum Gasteiger partial charge on any atom is -0.452 e. The number of thiazole rings is 1. The number of hydrogen-bond acceptors (Lipinski definition) is 8. The molecule has 1 N–H and O–H groups in total. The van der Waals surface area contributed by atoms with Crippen molar-refractivity contribution >= 4 is 38.4 Å². The fourth-order valence-corrected chi connectivity index (χ4v) is 5.78. The number of esters is 1. The zero-order chi connectivity index (χ0) is 25.0. The van der Waals surface area contributed by atoms with Crippen LogP contribution in [0.3, 0.4) is 0 Å². The van der Waals surface area contributed by atoms with Gasteiger partial charge in [0.2, 0.25) is 10.0 Å². The lowest BCUT2D eigenvalue weighted by Crippen LogP contribution is -2.40. The Balaban J connectivity index is 1.37. The van der Waals surface area contributed by atoms with Crippen molar-refractivity contribution in [1.29, 1.82) is 0 Å². The number of carbonyl (C=O) groups excluding carboxylic acids is 2. The SMILES string of the molecule is Cc1ccc(C(=O)OCC(=O)Nc2nc(-c3ccc(F)cc3)cs2)cc1S(=O)(=O)N1CCOCC1. The lowest BCUT2D eigenvalue weighted by atomic mass is 10.1. The van der Waals surface area contributed by atoms with E-state index in [0.717, 1.165) is 0 Å². The van der Waals surface area contributed by atoms with Gasteiger partial charge in [-0.15, -0.1) is 11.3 Å². The number of rotatable bonds is 7. The van der Waals surface area contributed by atoms with Gasteiger partial charge in [0.1, 0.15) is 5.82 Å². The summed E-state index contributed by atoms with van der Waals surface area (Å²) in [4.78, 5) is 29.0. The molecule has 1 aliphatic rings. The molecule has 0 unspecified atom stereocenters. The number of nitrogens with zero attached hydrogens (tertiary/aromatic N) is 2. The third kappa shape index (κ3) is 5.90. The number of carbonyl (C=O) groups is 2. The predicted molar refractivity (Wildman–Crippen MR) is 127 cm³/mol. The van der Waals surface area contributed by atoms with Crippen molar-refractivity contribution in [2.24, 2.45) is 0 Å². The van der Waals surface area contributed by atoms with Crippen molar-refractivity contribution in [3.8, 4) is 11.3 Å². The second kappa shape index (κ2) is 10.6. The maximum Gasteiger partial charge on any atom is 0.338 e. The molecule has 0 bridgehead atoms. The van der Waals surface area contributed by atoms with Crippen LogP contribution in [0, 0.1) is 12.7 Å². The van der Waals surface area contributed by atoms with Crippen molar-refractivity contribution < 1.29 is 31.9 Å². The normalized spacial score (nSPS) is 14.5. The van der Waals surface area contributed by atoms with Crippen LogP contribution in [0.15, 0.2) is 52.7 Å². The highest BCUT2D eigenvalue weighted by Crippen LogP contribution is 2.25. The highest BCUT2D eigenvalue weighted by molar-refractivity contribution is 7.89. The van der Waals surface area contributed by atoms with E-state index >= 15 is 0 Å². The maximum atomic E-state index is 13.1. The summed E-state index contributed by atoms with van der Waals surface area (Å²) < 4.78 is 50.7. The largest absolute Gasteiger partial charge is 0.452 e. The van der Waals surface area contributed by atoms with E-state index in [4.69, 9.17) is 9.47 Å². The van der Waals surface area contributed by atoms with E-state index in [1.54, 1.807) is 24.4 Å². The molecule has 0 atom stereocenters. The van der Waals surface area contributed by atoms with Gasteiger partial charge in [-0.05, 0) is 48.9 Å². The first-order chi connectivity index (χ1) is 16.7. The molecule has 1 fully saturated rings. The predicted octanol–water partition coefficient (Wildman–Crippen LogP) is 3.07. The van der Waals surface area contributed by atoms with Gasteiger partial charge in [-0.3, -0.25) is 10.1 Å². The third-order valence-corrected chi connectivity index (χ3v) is 8.03. The van der Waals surface area contributed by atoms with Gasteiger partial charge >= 0.3 is 5.97 Å². The maximum absolute atomic E-state index is 13.1. The van der Waals surface area contributed by atoms with Gasteiger partial charge in [0.05, 0.1) is 29.4 Å². The fraction of sp³-hybridized carbons (Fsp3) is 0.261. The van der Waals surface area contributed by atoms with Gasteiger partial charge in [0, 0.05) is 24.0 Å². The van der Waals surface area contributed by atoms with Gasteiger partial charge in [-0.2, -0.15) is 4.31 Å². The van der Waals surface area contributed by atoms with Crippen molar-refractivity contribution in [3.63, 3.8) is 0 Å². The monoisotopic (exact) mass is 519 g/mol. The van der Waals surface area contributed by atoms with Crippen molar-refractivity contribution in [3.05, 3.63) is 64.8 Å². The molecule has 1 aliphatic heterocycles. The molecule has 12 heteroatoms. The Morgan fingerprint density at radius 3 is 2.60 bits per heavy atom. The van der Waals surface area contributed by atoms with Crippen LogP contribution in [0.4, 0.5) is 9.52 Å². The summed E-state index contributed by atoms with van der Waals surface area (Å²) in [5.41, 5.74) is 1.77. The average molecular weight is 520 g/mol. The Morgan fingerprint density at radius 2 is 1.89 bits per heavy atom. The number of halogens is 1. The Bertz CT molecular complexity index is 1340. The van der Waals surface area contributed by atoms with E-state index in [9.17, 15) is 22.4 Å². The quantitative estimate of drug-likeness (QED) is 0.477. The molecule has 4 rings (SSSR count). The second-order valence-electron chi connectivity index (χ2n) is 7.67. The van der Waals surface area contributed by atoms with Gasteiger partial charge in [-0.1, -0.05) is 6.07 Å². The van der Waals surface area contributed by atoms with Crippen LogP contribution in [0.5, 0.6) is 0 Å². The standard InChI is InChI=1S/C23H22FN3O6S2/c1-15-2-3-17(12-20(15)35(30,31)27-8-10-32-11-9-27)22(29)33-13-21(28)26-23-25-19(14-34-23)16-4-6-18(24)7-5-16/h2-7,12,14H,8-11,13H2,1H3,(H,25,26,28). The first-order valence-corrected chi connectivity index (χ1v) is 12.9. The first-order valence-electron chi connectivity index (χ1n) is 10.6. The number of hydrogen-bond donors (Lipinski definition) is 1. The molecule has 184 valence electrons. The summed E-state index contributed by atoms with van der Waals surface area (Å²) in [5, 5.41) is 4.54. The van der Waals surface area contributed by atoms with Crippen LogP contribution in [0.25, 0.3) is 11.3 Å². The van der Waals surface area contributed by atoms with Crippen molar-refractivity contribution in [2.75, 3.05) is 38.2 Å². The van der Waals surface area contributed by atoms with Gasteiger partial charge in [0.25, 0.3) is 5.91 Å². The van der Waals surface area contributed by atoms with Crippen LogP contribution in [0.1, 0.15) is 15.9 Å². The number of morpholine rings is 1. The topological polar surface area (TPSA) is 115 Å². The average Bonchev–Trinajstić information content (AvgIpc) is 3.32. The number of anilines is 1. The van der Waals surface area contributed by atoms with E-state index in [0.29, 0.717) is 35.2 Å². The molecule has 0 aliphatic carbocycles. The molecule has 2 heterocycles. The molecule has 1 saturated heterocycles. The van der Waals surface area contributed by atoms with Crippen molar-refractivity contribution in [1.82, 2.24) is 9.29 Å². The Morgan fingerprint density at radius 1 is 1.17 bits per heavy atom. The first kappa shape index (κ1) is 24.9. The Labute approximate surface area is 205 Å². The molecular formula is C23H22FN3O6S2. The molecule has 1 amide bonds. The van der Waals surface area contributed by atoms with E-state index in [-0.39, 0.29) is 29.4 Å². The molecule has 0 radical (unpaired) electrons. The zero-order valence-corrected chi connectivity index (χ0v) is 20.3. The van der Waals surface area contributed by atoms with Crippen LogP contribution in [-0.4, -0.2) is 62.5 Å². The summed E-state index contributed by atoms with van der Waals surface area (Å²) >= 11 is 1.17. The summed E-state index contributed by atoms with van der Waals surface area (Å²) in [5.74, 6) is -1.80. The van der Waals surface area contributed by atoms with E-state index in [1.165, 1.54) is 46.0 Å². The lowest BCUT2D eigenvalue weighted by molar-refractivity contribution is -0.119. The number of aryl methyl sites for hydroxylation is 1. The summed E-state index contributed by atoms with van der Waals surface area (Å²) in [7, 11) is -3.81. The summed E-state index contributed by atoms with van der Waals surface area (Å²) in [6.45, 7) is 2.14. The van der Waals surface area contributed by atoms with Gasteiger partial charge < -0.3 is 9.47 Å². The lowest BCUT2D eigenvalue weighted by Gasteiger charge is -2.26. The van der Waals surface area contributed by atoms with Crippen LogP contribution < -0.4 is 5.32 Å². The summed E-state index contributed by atoms with van der Waals surface area (Å²) in [6, 6.07) is 10.0. The Kier molecular flexibility index (Phi) is 7.55. The Hall–Kier alpha value is -3.19. The van der Waals surface area contributed by atoms with E-state index in [2.05, 4.69) is 10.3 Å². The molecule has 2 aromatic carbocycles. The molecule has 3 aromatic rings. The second-order valence-corrected chi connectivity index (χ2v) is 10.4. The smallest absolute Gasteiger partial charge is 0.338 e. The highest BCUT2D eigenvalue weighted by Gasteiger charge is 2.28. The molecule has 9 nitrogen and oxygen atoms in total. The third-order valence-electron chi connectivity index (χ3n) is 5.24. The highest BCUT2D eigenvalue weighted by atomic mass is 32.2. The number of ether oxygens (including phenoxy) is 2. The number of benzene rings is 2. The number of aromatic nitrogens is 1. The zero-order valence-electron chi connectivity index (χ0n) is 18.7. The van der Waals surface area contributed by atoms with Crippen LogP contribution in [-0.2, 0) is 24.3 Å². The van der Waals surface area contributed by atoms with Crippen LogP contribution >= 0.6 is 11.3 Å².